The molecule has 34 heavy (non-hydrogen) atoms. The molecular formula is C26H27N5O3. The number of hydrogen-bond acceptors (Lipinski definition) is 5. The van der Waals surface area contributed by atoms with Crippen molar-refractivity contribution in [3.8, 4) is 0 Å². The van der Waals surface area contributed by atoms with Crippen LogP contribution in [0.1, 0.15) is 29.8 Å². The van der Waals surface area contributed by atoms with Crippen LogP contribution >= 0.6 is 0 Å². The van der Waals surface area contributed by atoms with Crippen LogP contribution in [-0.4, -0.2) is 53.9 Å². The fourth-order valence-electron chi connectivity index (χ4n) is 4.84. The minimum absolute atomic E-state index is 0.0452. The number of nitrogens with zero attached hydrogens (tertiary/aromatic N) is 3. The highest BCUT2D eigenvalue weighted by atomic mass is 16.2. The summed E-state index contributed by atoms with van der Waals surface area (Å²) in [5, 5.41) is 6.21. The number of anilines is 1. The lowest BCUT2D eigenvalue weighted by atomic mass is 9.79. The van der Waals surface area contributed by atoms with Gasteiger partial charge in [-0.15, -0.1) is 0 Å². The molecule has 0 saturated carbocycles. The first-order chi connectivity index (χ1) is 16.4. The Bertz CT molecular complexity index is 1260. The minimum atomic E-state index is -1.13. The fraction of sp³-hybridized carbons (Fsp3) is 0.308. The number of benzene rings is 2. The molecule has 2 aliphatic heterocycles. The predicted molar refractivity (Wildman–Crippen MR) is 129 cm³/mol. The second kappa shape index (κ2) is 8.44. The maximum atomic E-state index is 13.1. The Morgan fingerprint density at radius 2 is 1.65 bits per heavy atom. The predicted octanol–water partition coefficient (Wildman–Crippen LogP) is 2.89. The van der Waals surface area contributed by atoms with Gasteiger partial charge < -0.3 is 15.1 Å². The number of amides is 4. The molecule has 1 aromatic heterocycles. The van der Waals surface area contributed by atoms with Gasteiger partial charge in [0.1, 0.15) is 11.4 Å². The van der Waals surface area contributed by atoms with E-state index in [1.54, 1.807) is 24.3 Å². The van der Waals surface area contributed by atoms with Gasteiger partial charge in [0.25, 0.3) is 11.8 Å². The zero-order valence-corrected chi connectivity index (χ0v) is 19.2. The Morgan fingerprint density at radius 1 is 0.941 bits per heavy atom. The molecular weight excluding hydrogens is 430 g/mol. The Hall–Kier alpha value is -3.94. The zero-order chi connectivity index (χ0) is 23.9. The Kier molecular flexibility index (Phi) is 5.43. The van der Waals surface area contributed by atoms with Crippen LogP contribution in [0.15, 0.2) is 60.7 Å². The SMILES string of the molecule is CC(C)C1(c2ccc(C(=O)N3CCN(c4ccc5ccccc5n4)CC3)cc2)NC(=O)NC1=O. The van der Waals surface area contributed by atoms with E-state index in [0.717, 1.165) is 16.7 Å². The summed E-state index contributed by atoms with van der Waals surface area (Å²) in [7, 11) is 0. The summed E-state index contributed by atoms with van der Waals surface area (Å²) in [6, 6.07) is 18.6. The Labute approximate surface area is 197 Å². The third-order valence-corrected chi connectivity index (χ3v) is 6.82. The van der Waals surface area contributed by atoms with Gasteiger partial charge in [-0.3, -0.25) is 14.9 Å². The van der Waals surface area contributed by atoms with E-state index in [1.165, 1.54) is 0 Å². The first-order valence-corrected chi connectivity index (χ1v) is 11.5. The number of piperazine rings is 1. The van der Waals surface area contributed by atoms with E-state index < -0.39 is 11.6 Å². The topological polar surface area (TPSA) is 94.6 Å². The Morgan fingerprint density at radius 3 is 2.29 bits per heavy atom. The van der Waals surface area contributed by atoms with Gasteiger partial charge in [0.05, 0.1) is 5.52 Å². The molecule has 174 valence electrons. The van der Waals surface area contributed by atoms with E-state index in [1.807, 2.05) is 49.1 Å². The van der Waals surface area contributed by atoms with E-state index in [4.69, 9.17) is 4.98 Å². The number of rotatable bonds is 4. The molecule has 3 heterocycles. The zero-order valence-electron chi connectivity index (χ0n) is 19.2. The first-order valence-electron chi connectivity index (χ1n) is 11.5. The Balaban J connectivity index is 1.27. The van der Waals surface area contributed by atoms with Crippen LogP contribution in [0.4, 0.5) is 10.6 Å². The van der Waals surface area contributed by atoms with Crippen LogP contribution in [0.25, 0.3) is 10.9 Å². The number of carbonyl (C=O) groups excluding carboxylic acids is 3. The molecule has 2 aromatic carbocycles. The third kappa shape index (κ3) is 3.65. The van der Waals surface area contributed by atoms with Gasteiger partial charge in [-0.2, -0.15) is 0 Å². The van der Waals surface area contributed by atoms with E-state index in [9.17, 15) is 14.4 Å². The number of para-hydroxylation sites is 1. The summed E-state index contributed by atoms with van der Waals surface area (Å²) in [5.74, 6) is 0.351. The molecule has 2 fully saturated rings. The average Bonchev–Trinajstić information content (AvgIpc) is 3.18. The summed E-state index contributed by atoms with van der Waals surface area (Å²) in [6.45, 7) is 6.38. The van der Waals surface area contributed by atoms with Crippen LogP contribution in [-0.2, 0) is 10.3 Å². The minimum Gasteiger partial charge on any atom is -0.353 e. The maximum absolute atomic E-state index is 13.1. The number of aromatic nitrogens is 1. The van der Waals surface area contributed by atoms with Crippen LogP contribution in [0.3, 0.4) is 0 Å². The highest BCUT2D eigenvalue weighted by molar-refractivity contribution is 6.07. The smallest absolute Gasteiger partial charge is 0.322 e. The van der Waals surface area contributed by atoms with Crippen molar-refractivity contribution < 1.29 is 14.4 Å². The normalized spacial score (nSPS) is 20.6. The number of carbonyl (C=O) groups is 3. The van der Waals surface area contributed by atoms with Crippen molar-refractivity contribution in [2.75, 3.05) is 31.1 Å². The van der Waals surface area contributed by atoms with Crippen molar-refractivity contribution in [3.05, 3.63) is 71.8 Å². The molecule has 0 bridgehead atoms. The van der Waals surface area contributed by atoms with Gasteiger partial charge >= 0.3 is 6.03 Å². The van der Waals surface area contributed by atoms with Gasteiger partial charge in [-0.25, -0.2) is 9.78 Å². The molecule has 8 nitrogen and oxygen atoms in total. The standard InChI is InChI=1S/C26H27N5O3/c1-17(2)26(24(33)28-25(34)29-26)20-10-7-19(8-11-20)23(32)31-15-13-30(14-16-31)22-12-9-18-5-3-4-6-21(18)27-22/h3-12,17H,13-16H2,1-2H3,(H2,28,29,33,34). The first kappa shape index (κ1) is 21.9. The quantitative estimate of drug-likeness (QED) is 0.588. The van der Waals surface area contributed by atoms with E-state index in [0.29, 0.717) is 37.3 Å². The number of hydrogen-bond donors (Lipinski definition) is 2. The molecule has 3 aromatic rings. The number of urea groups is 1. The molecule has 0 spiro atoms. The number of fused-ring (bicyclic) bond motifs is 1. The van der Waals surface area contributed by atoms with E-state index in [-0.39, 0.29) is 17.7 Å². The van der Waals surface area contributed by atoms with Crippen molar-refractivity contribution >= 4 is 34.6 Å². The summed E-state index contributed by atoms with van der Waals surface area (Å²) in [4.78, 5) is 46.3. The fourth-order valence-corrected chi connectivity index (χ4v) is 4.84. The number of imide groups is 1. The molecule has 4 amide bonds. The van der Waals surface area contributed by atoms with Gasteiger partial charge in [0, 0.05) is 37.1 Å². The van der Waals surface area contributed by atoms with Crippen molar-refractivity contribution in [2.24, 2.45) is 5.92 Å². The molecule has 2 saturated heterocycles. The van der Waals surface area contributed by atoms with E-state index >= 15 is 0 Å². The van der Waals surface area contributed by atoms with Crippen molar-refractivity contribution in [1.82, 2.24) is 20.5 Å². The average molecular weight is 458 g/mol. The van der Waals surface area contributed by atoms with Gasteiger partial charge in [0.15, 0.2) is 0 Å². The second-order valence-electron chi connectivity index (χ2n) is 9.09. The van der Waals surface area contributed by atoms with Crippen LogP contribution in [0.2, 0.25) is 0 Å². The van der Waals surface area contributed by atoms with Crippen molar-refractivity contribution in [2.45, 2.75) is 19.4 Å². The monoisotopic (exact) mass is 457 g/mol. The molecule has 1 atom stereocenters. The lowest BCUT2D eigenvalue weighted by Gasteiger charge is -2.35. The van der Waals surface area contributed by atoms with Crippen molar-refractivity contribution in [1.29, 1.82) is 0 Å². The van der Waals surface area contributed by atoms with Gasteiger partial charge in [-0.05, 0) is 41.8 Å². The second-order valence-corrected chi connectivity index (χ2v) is 9.09. The summed E-state index contributed by atoms with van der Waals surface area (Å²) >= 11 is 0. The van der Waals surface area contributed by atoms with Gasteiger partial charge in [-0.1, -0.05) is 44.2 Å². The molecule has 0 radical (unpaired) electrons. The van der Waals surface area contributed by atoms with Gasteiger partial charge in [0.2, 0.25) is 0 Å². The lowest BCUT2D eigenvalue weighted by Crippen LogP contribution is -2.49. The molecule has 2 N–H and O–H groups in total. The van der Waals surface area contributed by atoms with Crippen molar-refractivity contribution in [3.63, 3.8) is 0 Å². The lowest BCUT2D eigenvalue weighted by molar-refractivity contribution is -0.125. The maximum Gasteiger partial charge on any atom is 0.322 e. The van der Waals surface area contributed by atoms with Crippen LogP contribution < -0.4 is 15.5 Å². The summed E-state index contributed by atoms with van der Waals surface area (Å²) < 4.78 is 0. The van der Waals surface area contributed by atoms with Crippen LogP contribution in [0, 0.1) is 5.92 Å². The summed E-state index contributed by atoms with van der Waals surface area (Å²) in [5.41, 5.74) is 1.06. The summed E-state index contributed by atoms with van der Waals surface area (Å²) in [6.07, 6.45) is 0. The van der Waals surface area contributed by atoms with Crippen LogP contribution in [0.5, 0.6) is 0 Å². The van der Waals surface area contributed by atoms with E-state index in [2.05, 4.69) is 21.6 Å². The largest absolute Gasteiger partial charge is 0.353 e. The highest BCUT2D eigenvalue weighted by Crippen LogP contribution is 2.33. The molecule has 5 rings (SSSR count). The molecule has 1 unspecified atom stereocenters. The molecule has 2 aliphatic rings. The number of nitrogens with one attached hydrogen (secondary N) is 2. The number of pyridine rings is 1. The molecule has 8 heteroatoms. The highest BCUT2D eigenvalue weighted by Gasteiger charge is 2.50. The molecule has 0 aliphatic carbocycles. The third-order valence-electron chi connectivity index (χ3n) is 6.82.